The van der Waals surface area contributed by atoms with E-state index in [1.165, 1.54) is 5.69 Å². The van der Waals surface area contributed by atoms with Crippen LogP contribution in [0.15, 0.2) is 48.5 Å². The molecule has 2 heterocycles. The number of amides is 1. The first-order valence-electron chi connectivity index (χ1n) is 9.49. The number of nitrogens with zero attached hydrogens (tertiary/aromatic N) is 3. The van der Waals surface area contributed by atoms with Crippen molar-refractivity contribution in [2.24, 2.45) is 0 Å². The van der Waals surface area contributed by atoms with E-state index in [1.807, 2.05) is 42.2 Å². The van der Waals surface area contributed by atoms with Gasteiger partial charge in [-0.1, -0.05) is 41.4 Å². The van der Waals surface area contributed by atoms with Crippen molar-refractivity contribution in [2.45, 2.75) is 6.92 Å². The summed E-state index contributed by atoms with van der Waals surface area (Å²) in [5.41, 5.74) is 2.57. The van der Waals surface area contributed by atoms with Gasteiger partial charge in [0.1, 0.15) is 5.52 Å². The molecule has 0 bridgehead atoms. The van der Waals surface area contributed by atoms with Crippen LogP contribution < -0.4 is 9.64 Å². The van der Waals surface area contributed by atoms with Crippen LogP contribution in [0.4, 0.5) is 5.69 Å². The minimum Gasteiger partial charge on any atom is -0.480 e. The molecular weight excluding hydrogens is 409 g/mol. The molecule has 0 radical (unpaired) electrons. The molecule has 150 valence electrons. The van der Waals surface area contributed by atoms with Crippen molar-refractivity contribution in [3.63, 3.8) is 0 Å². The van der Waals surface area contributed by atoms with Gasteiger partial charge < -0.3 is 14.5 Å². The Kier molecular flexibility index (Phi) is 5.79. The number of hydrogen-bond acceptors (Lipinski definition) is 4. The number of carbonyl (C=O) groups is 1. The highest BCUT2D eigenvalue weighted by atomic mass is 35.5. The Balaban J connectivity index is 1.42. The Morgan fingerprint density at radius 3 is 2.48 bits per heavy atom. The summed E-state index contributed by atoms with van der Waals surface area (Å²) in [4.78, 5) is 21.3. The molecule has 0 saturated carbocycles. The van der Waals surface area contributed by atoms with Gasteiger partial charge in [-0.2, -0.15) is 0 Å². The molecule has 1 fully saturated rings. The second-order valence-electron chi connectivity index (χ2n) is 7.01. The fourth-order valence-corrected chi connectivity index (χ4v) is 4.08. The number of hydrogen-bond donors (Lipinski definition) is 0. The van der Waals surface area contributed by atoms with Crippen molar-refractivity contribution in [3.8, 4) is 5.75 Å². The molecule has 5 nitrogen and oxygen atoms in total. The van der Waals surface area contributed by atoms with Crippen molar-refractivity contribution in [1.82, 2.24) is 9.88 Å². The molecule has 1 aliphatic heterocycles. The van der Waals surface area contributed by atoms with E-state index >= 15 is 0 Å². The number of anilines is 1. The predicted octanol–water partition coefficient (Wildman–Crippen LogP) is 4.58. The summed E-state index contributed by atoms with van der Waals surface area (Å²) in [6.45, 7) is 4.70. The standard InChI is InChI=1S/C22H21Cl2N3O2/c1-15-7-8-17-18(23)13-19(24)22(21(17)25-15)29-14-20(28)27-11-9-26(10-12-27)16-5-3-2-4-6-16/h2-8,13H,9-12,14H2,1H3. The molecule has 1 aromatic heterocycles. The molecule has 1 amide bonds. The molecule has 0 spiro atoms. The van der Waals surface area contributed by atoms with E-state index in [9.17, 15) is 4.79 Å². The summed E-state index contributed by atoms with van der Waals surface area (Å²) in [5.74, 6) is 0.329. The molecular formula is C22H21Cl2N3O2. The predicted molar refractivity (Wildman–Crippen MR) is 117 cm³/mol. The zero-order valence-corrected chi connectivity index (χ0v) is 17.6. The minimum absolute atomic E-state index is 0.0652. The van der Waals surface area contributed by atoms with Gasteiger partial charge in [0, 0.05) is 42.9 Å². The largest absolute Gasteiger partial charge is 0.480 e. The first-order chi connectivity index (χ1) is 14.0. The number of ether oxygens (including phenoxy) is 1. The lowest BCUT2D eigenvalue weighted by Crippen LogP contribution is -2.50. The van der Waals surface area contributed by atoms with E-state index in [-0.39, 0.29) is 12.5 Å². The van der Waals surface area contributed by atoms with E-state index in [0.29, 0.717) is 34.4 Å². The maximum Gasteiger partial charge on any atom is 0.260 e. The van der Waals surface area contributed by atoms with Crippen molar-refractivity contribution in [1.29, 1.82) is 0 Å². The summed E-state index contributed by atoms with van der Waals surface area (Å²) in [6, 6.07) is 15.6. The number of aromatic nitrogens is 1. The highest BCUT2D eigenvalue weighted by Crippen LogP contribution is 2.37. The number of pyridine rings is 1. The molecule has 7 heteroatoms. The number of fused-ring (bicyclic) bond motifs is 1. The number of aryl methyl sites for hydroxylation is 1. The van der Waals surface area contributed by atoms with E-state index in [4.69, 9.17) is 27.9 Å². The highest BCUT2D eigenvalue weighted by molar-refractivity contribution is 6.39. The van der Waals surface area contributed by atoms with Crippen LogP contribution in [0.25, 0.3) is 10.9 Å². The van der Waals surface area contributed by atoms with Crippen LogP contribution in [-0.2, 0) is 4.79 Å². The molecule has 3 aromatic rings. The number of halogens is 2. The number of rotatable bonds is 4. The molecule has 2 aromatic carbocycles. The smallest absolute Gasteiger partial charge is 0.260 e. The van der Waals surface area contributed by atoms with Crippen molar-refractivity contribution in [2.75, 3.05) is 37.7 Å². The van der Waals surface area contributed by atoms with Crippen LogP contribution in [0.5, 0.6) is 5.75 Å². The Morgan fingerprint density at radius 2 is 1.76 bits per heavy atom. The quantitative estimate of drug-likeness (QED) is 0.608. The number of carbonyl (C=O) groups excluding carboxylic acids is 1. The fraction of sp³-hybridized carbons (Fsp3) is 0.273. The van der Waals surface area contributed by atoms with Gasteiger partial charge in [-0.25, -0.2) is 4.98 Å². The van der Waals surface area contributed by atoms with Gasteiger partial charge in [-0.3, -0.25) is 4.79 Å². The maximum atomic E-state index is 12.7. The zero-order valence-electron chi connectivity index (χ0n) is 16.1. The third-order valence-corrected chi connectivity index (χ3v) is 5.66. The van der Waals surface area contributed by atoms with Crippen LogP contribution in [-0.4, -0.2) is 48.6 Å². The van der Waals surface area contributed by atoms with Crippen molar-refractivity contribution in [3.05, 3.63) is 64.3 Å². The van der Waals surface area contributed by atoms with E-state index < -0.39 is 0 Å². The second-order valence-corrected chi connectivity index (χ2v) is 7.82. The first kappa shape index (κ1) is 19.8. The topological polar surface area (TPSA) is 45.7 Å². The minimum atomic E-state index is -0.0859. The first-order valence-corrected chi connectivity index (χ1v) is 10.2. The van der Waals surface area contributed by atoms with Crippen molar-refractivity contribution < 1.29 is 9.53 Å². The zero-order chi connectivity index (χ0) is 20.4. The Labute approximate surface area is 179 Å². The van der Waals surface area contributed by atoms with Gasteiger partial charge in [0.05, 0.1) is 10.0 Å². The summed E-state index contributed by atoms with van der Waals surface area (Å²) >= 11 is 12.6. The summed E-state index contributed by atoms with van der Waals surface area (Å²) in [5, 5.41) is 1.61. The lowest BCUT2D eigenvalue weighted by atomic mass is 10.2. The third kappa shape index (κ3) is 4.26. The molecule has 4 rings (SSSR count). The summed E-state index contributed by atoms with van der Waals surface area (Å²) < 4.78 is 5.83. The summed E-state index contributed by atoms with van der Waals surface area (Å²) in [6.07, 6.45) is 0. The monoisotopic (exact) mass is 429 g/mol. The maximum absolute atomic E-state index is 12.7. The van der Waals surface area contributed by atoms with Gasteiger partial charge in [0.25, 0.3) is 5.91 Å². The summed E-state index contributed by atoms with van der Waals surface area (Å²) in [7, 11) is 0. The van der Waals surface area contributed by atoms with Crippen LogP contribution in [0.3, 0.4) is 0 Å². The lowest BCUT2D eigenvalue weighted by Gasteiger charge is -2.36. The second kappa shape index (κ2) is 8.47. The van der Waals surface area contributed by atoms with Gasteiger partial charge in [0.2, 0.25) is 0 Å². The van der Waals surface area contributed by atoms with Gasteiger partial charge in [-0.05, 0) is 37.3 Å². The average Bonchev–Trinajstić information content (AvgIpc) is 2.74. The molecule has 0 N–H and O–H groups in total. The van der Waals surface area contributed by atoms with Gasteiger partial charge in [0.15, 0.2) is 12.4 Å². The molecule has 0 aliphatic carbocycles. The van der Waals surface area contributed by atoms with Crippen LogP contribution in [0.1, 0.15) is 5.69 Å². The van der Waals surface area contributed by atoms with E-state index in [0.717, 1.165) is 24.2 Å². The highest BCUT2D eigenvalue weighted by Gasteiger charge is 2.22. The number of piperazine rings is 1. The fourth-order valence-electron chi connectivity index (χ4n) is 3.51. The van der Waals surface area contributed by atoms with E-state index in [1.54, 1.807) is 6.07 Å². The molecule has 0 atom stereocenters. The van der Waals surface area contributed by atoms with Crippen molar-refractivity contribution >= 4 is 45.7 Å². The van der Waals surface area contributed by atoms with Crippen LogP contribution in [0.2, 0.25) is 10.0 Å². The lowest BCUT2D eigenvalue weighted by molar-refractivity contribution is -0.133. The number of benzene rings is 2. The Morgan fingerprint density at radius 1 is 1.03 bits per heavy atom. The van der Waals surface area contributed by atoms with E-state index in [2.05, 4.69) is 22.0 Å². The Bertz CT molecular complexity index is 1040. The van der Waals surface area contributed by atoms with Crippen LogP contribution in [0, 0.1) is 6.92 Å². The molecule has 1 saturated heterocycles. The third-order valence-electron chi connectivity index (χ3n) is 5.07. The van der Waals surface area contributed by atoms with Gasteiger partial charge in [-0.15, -0.1) is 0 Å². The SMILES string of the molecule is Cc1ccc2c(Cl)cc(Cl)c(OCC(=O)N3CCN(c4ccccc4)CC3)c2n1. The normalized spacial score (nSPS) is 14.3. The molecule has 0 unspecified atom stereocenters. The average molecular weight is 430 g/mol. The van der Waals surface area contributed by atoms with Gasteiger partial charge >= 0.3 is 0 Å². The Hall–Kier alpha value is -2.50. The number of para-hydroxylation sites is 1. The molecule has 1 aliphatic rings. The van der Waals surface area contributed by atoms with Crippen LogP contribution >= 0.6 is 23.2 Å². The molecule has 29 heavy (non-hydrogen) atoms.